The molecule has 2 unspecified atom stereocenters. The number of carbonyl (C=O) groups is 2. The molecule has 3 aliphatic rings. The number of esters is 1. The summed E-state index contributed by atoms with van der Waals surface area (Å²) in [5.41, 5.74) is 1.19. The molecule has 220 valence electrons. The molecular weight excluding hydrogens is 559 g/mol. The molecule has 4 atom stereocenters. The monoisotopic (exact) mass is 594 g/mol. The summed E-state index contributed by atoms with van der Waals surface area (Å²) in [6.45, 7) is 14.2. The summed E-state index contributed by atoms with van der Waals surface area (Å²) in [6.07, 6.45) is 4.65. The normalized spacial score (nSPS) is 24.0. The SMILES string of the molecule is [CH-]=C/C(=C\[CH]=[Ni])n1nc2c(=O)c(N3CCN(C(=O)OC(C)(C)C)[C@H]4CC[C@@H]43)c3n(c2n1)C(C(=O)OC)CC3C.[CH3-]. The van der Waals surface area contributed by atoms with Crippen LogP contribution in [0.15, 0.2) is 16.9 Å². The van der Waals surface area contributed by atoms with Crippen LogP contribution >= 0.6 is 0 Å². The molecule has 2 fully saturated rings. The van der Waals surface area contributed by atoms with Gasteiger partial charge in [0.1, 0.15) is 5.60 Å². The summed E-state index contributed by atoms with van der Waals surface area (Å²) in [7, 11) is 1.35. The van der Waals surface area contributed by atoms with Crippen LogP contribution in [0.25, 0.3) is 16.9 Å². The minimum absolute atomic E-state index is 0. The van der Waals surface area contributed by atoms with Crippen LogP contribution in [0.2, 0.25) is 0 Å². The maximum Gasteiger partial charge on any atom is -0.358 e. The average Bonchev–Trinajstić information content (AvgIpc) is 3.44. The van der Waals surface area contributed by atoms with E-state index in [1.807, 2.05) is 27.7 Å². The zero-order valence-corrected chi connectivity index (χ0v) is 24.7. The summed E-state index contributed by atoms with van der Waals surface area (Å²) in [5, 5.41) is 9.06. The third kappa shape index (κ3) is 4.80. The van der Waals surface area contributed by atoms with Crippen LogP contribution in [0.1, 0.15) is 64.6 Å². The Balaban J connectivity index is 0.00000370. The number of pyridine rings is 1. The third-order valence-electron chi connectivity index (χ3n) is 7.71. The number of piperazine rings is 1. The smallest absolute Gasteiger partial charge is 0.358 e. The van der Waals surface area contributed by atoms with Crippen LogP contribution in [0, 0.1) is 14.0 Å². The number of hydrogen-bond acceptors (Lipinski definition) is 8. The van der Waals surface area contributed by atoms with E-state index in [9.17, 15) is 14.4 Å². The molecule has 0 radical (unpaired) electrons. The Morgan fingerprint density at radius 2 is 1.85 bits per heavy atom. The number of anilines is 1. The van der Waals surface area contributed by atoms with E-state index in [1.54, 1.807) is 15.5 Å². The fraction of sp³-hybridized carbons (Fsp3) is 0.536. The number of nitrogens with zero attached hydrogens (tertiary/aromatic N) is 6. The van der Waals surface area contributed by atoms with Gasteiger partial charge in [0.25, 0.3) is 0 Å². The molecule has 2 aromatic rings. The summed E-state index contributed by atoms with van der Waals surface area (Å²) < 4.78 is 12.6. The van der Waals surface area contributed by atoms with Crippen LogP contribution < -0.4 is 10.3 Å². The summed E-state index contributed by atoms with van der Waals surface area (Å²) in [5.74, 6) is -0.531. The summed E-state index contributed by atoms with van der Waals surface area (Å²) >= 11 is 4.63. The number of hydrogen-bond donors (Lipinski definition) is 0. The van der Waals surface area contributed by atoms with E-state index >= 15 is 0 Å². The summed E-state index contributed by atoms with van der Waals surface area (Å²) in [6, 6.07) is -0.780. The molecule has 0 bridgehead atoms. The number of rotatable bonds is 5. The van der Waals surface area contributed by atoms with Crippen molar-refractivity contribution in [1.29, 1.82) is 0 Å². The van der Waals surface area contributed by atoms with Crippen LogP contribution in [0.3, 0.4) is 0 Å². The molecular formula is C28H36N6NiO5-2. The van der Waals surface area contributed by atoms with Gasteiger partial charge in [-0.3, -0.25) is 0 Å². The van der Waals surface area contributed by atoms with Crippen molar-refractivity contribution in [3.8, 4) is 0 Å². The molecule has 4 heterocycles. The van der Waals surface area contributed by atoms with Gasteiger partial charge in [-0.1, -0.05) is 0 Å². The predicted molar refractivity (Wildman–Crippen MR) is 149 cm³/mol. The summed E-state index contributed by atoms with van der Waals surface area (Å²) in [4.78, 5) is 46.6. The van der Waals surface area contributed by atoms with Crippen molar-refractivity contribution in [2.24, 2.45) is 0 Å². The minimum Gasteiger partial charge on any atom is -0.358 e. The number of allylic oxidation sites excluding steroid dienone is 3. The zero-order chi connectivity index (χ0) is 28.2. The van der Waals surface area contributed by atoms with Crippen molar-refractivity contribution in [3.63, 3.8) is 0 Å². The second-order valence-corrected chi connectivity index (χ2v) is 11.5. The van der Waals surface area contributed by atoms with Crippen molar-refractivity contribution in [1.82, 2.24) is 24.5 Å². The van der Waals surface area contributed by atoms with Crippen LogP contribution in [-0.4, -0.2) is 79.4 Å². The van der Waals surface area contributed by atoms with E-state index in [0.29, 0.717) is 30.9 Å². The van der Waals surface area contributed by atoms with Gasteiger partial charge in [-0.05, 0) is 20.8 Å². The largest absolute Gasteiger partial charge is 0.358 e. The van der Waals surface area contributed by atoms with Gasteiger partial charge in [-0.25, -0.2) is 4.79 Å². The van der Waals surface area contributed by atoms with E-state index in [1.165, 1.54) is 23.0 Å². The van der Waals surface area contributed by atoms with Crippen LogP contribution in [0.5, 0.6) is 0 Å². The first-order valence-corrected chi connectivity index (χ1v) is 13.6. The molecule has 0 aromatic carbocycles. The van der Waals surface area contributed by atoms with Crippen molar-refractivity contribution in [3.05, 3.63) is 42.1 Å². The molecule has 1 aliphatic carbocycles. The zero-order valence-electron chi connectivity index (χ0n) is 23.7. The molecule has 1 saturated heterocycles. The van der Waals surface area contributed by atoms with Crippen molar-refractivity contribution in [2.45, 2.75) is 76.6 Å². The molecule has 1 amide bonds. The van der Waals surface area contributed by atoms with Gasteiger partial charge in [0.2, 0.25) is 0 Å². The molecule has 2 aromatic heterocycles. The van der Waals surface area contributed by atoms with Gasteiger partial charge in [-0.15, -0.1) is 0 Å². The van der Waals surface area contributed by atoms with E-state index in [-0.39, 0.29) is 48.1 Å². The maximum atomic E-state index is 14.2. The number of aromatic nitrogens is 4. The number of amides is 1. The number of ether oxygens (including phenoxy) is 2. The number of methoxy groups -OCH3 is 1. The molecule has 1 saturated carbocycles. The van der Waals surface area contributed by atoms with Gasteiger partial charge in [0, 0.05) is 0 Å². The van der Waals surface area contributed by atoms with E-state index in [0.717, 1.165) is 18.5 Å². The predicted octanol–water partition coefficient (Wildman–Crippen LogP) is 3.03. The first kappa shape index (κ1) is 29.7. The Bertz CT molecular complexity index is 1450. The fourth-order valence-electron chi connectivity index (χ4n) is 5.94. The molecule has 11 nitrogen and oxygen atoms in total. The molecule has 5 rings (SSSR count). The first-order chi connectivity index (χ1) is 18.5. The van der Waals surface area contributed by atoms with Crippen molar-refractivity contribution in [2.75, 3.05) is 25.1 Å². The van der Waals surface area contributed by atoms with Gasteiger partial charge < -0.3 is 12.2 Å². The second-order valence-electron chi connectivity index (χ2n) is 11.2. The van der Waals surface area contributed by atoms with E-state index < -0.39 is 17.6 Å². The first-order valence-electron chi connectivity index (χ1n) is 13.1. The number of fused-ring (bicyclic) bond motifs is 4. The minimum atomic E-state index is -0.658. The van der Waals surface area contributed by atoms with Gasteiger partial charge in [0.05, 0.1) is 0 Å². The number of carbonyl (C=O) groups excluding carboxylic acids is 2. The molecule has 2 aliphatic heterocycles. The Morgan fingerprint density at radius 1 is 1.15 bits per heavy atom. The van der Waals surface area contributed by atoms with Gasteiger partial charge >= 0.3 is 199 Å². The molecule has 40 heavy (non-hydrogen) atoms. The maximum absolute atomic E-state index is 14.2. The second kappa shape index (κ2) is 11.0. The Labute approximate surface area is 241 Å². The third-order valence-corrected chi connectivity index (χ3v) is 7.87. The van der Waals surface area contributed by atoms with Crippen LogP contribution in [0.4, 0.5) is 10.5 Å². The Kier molecular flexibility index (Phi) is 8.14. The average molecular weight is 595 g/mol. The van der Waals surface area contributed by atoms with E-state index in [2.05, 4.69) is 30.1 Å². The molecule has 0 spiro atoms. The Hall–Kier alpha value is -3.27. The molecule has 12 heteroatoms. The van der Waals surface area contributed by atoms with Gasteiger partial charge in [-0.2, -0.15) is 0 Å². The van der Waals surface area contributed by atoms with Gasteiger partial charge in [0.15, 0.2) is 0 Å². The van der Waals surface area contributed by atoms with E-state index in [4.69, 9.17) is 16.1 Å². The van der Waals surface area contributed by atoms with Crippen molar-refractivity contribution >= 4 is 39.6 Å². The quantitative estimate of drug-likeness (QED) is 0.225. The van der Waals surface area contributed by atoms with Crippen LogP contribution in [-0.2, 0) is 29.3 Å². The standard InChI is InChI=1S/C27H33N6O5.CH3.Ni/c1-8-16(9-2)33-28-20-23(34)22(21-15(3)14-19(25(35)37-7)32(21)24(20)29-33)30-12-13-31(18-11-10-17(18)30)26(36)38-27(4,5)6;;/h1-2,8-9,15,17-19H,10-14H2,3-7H3;1H3;/q2*-1;/b16-8+;;/t15?,17-,18-,19?;;/m0../s1. The topological polar surface area (TPSA) is 112 Å². The van der Waals surface area contributed by atoms with Crippen molar-refractivity contribution < 1.29 is 34.1 Å². The fourth-order valence-corrected chi connectivity index (χ4v) is 6.11. The Morgan fingerprint density at radius 3 is 2.42 bits per heavy atom. The molecule has 0 N–H and O–H groups in total.